The van der Waals surface area contributed by atoms with Crippen molar-refractivity contribution in [2.75, 3.05) is 0 Å². The van der Waals surface area contributed by atoms with E-state index in [4.69, 9.17) is 4.42 Å². The second-order valence-electron chi connectivity index (χ2n) is 6.28. The number of furan rings is 1. The number of aliphatic hydroxyl groups is 1. The van der Waals surface area contributed by atoms with Crippen LogP contribution in [0.1, 0.15) is 5.56 Å². The molecule has 0 aliphatic carbocycles. The Morgan fingerprint density at radius 2 is 1.65 bits per heavy atom. The van der Waals surface area contributed by atoms with Crippen molar-refractivity contribution in [2.24, 2.45) is 0 Å². The lowest BCUT2D eigenvalue weighted by Gasteiger charge is -2.14. The van der Waals surface area contributed by atoms with Crippen molar-refractivity contribution in [3.05, 3.63) is 91.0 Å². The molecule has 0 unspecified atom stereocenters. The van der Waals surface area contributed by atoms with E-state index in [0.717, 1.165) is 28.3 Å². The SMILES string of the molecule is O[C@H](Cc1ccccc1)Cn1cnc(-c2ccccc2)c1-c1ccco1. The maximum Gasteiger partial charge on any atom is 0.152 e. The fourth-order valence-corrected chi connectivity index (χ4v) is 3.18. The Morgan fingerprint density at radius 1 is 0.923 bits per heavy atom. The van der Waals surface area contributed by atoms with Crippen LogP contribution >= 0.6 is 0 Å². The van der Waals surface area contributed by atoms with E-state index in [1.165, 1.54) is 0 Å². The Hall–Kier alpha value is -3.11. The van der Waals surface area contributed by atoms with Crippen LogP contribution in [0.2, 0.25) is 0 Å². The third-order valence-corrected chi connectivity index (χ3v) is 4.36. The van der Waals surface area contributed by atoms with Crippen molar-refractivity contribution in [1.82, 2.24) is 9.55 Å². The number of benzene rings is 2. The topological polar surface area (TPSA) is 51.2 Å². The molecular weight excluding hydrogens is 324 g/mol. The van der Waals surface area contributed by atoms with Gasteiger partial charge in [0.05, 0.1) is 30.9 Å². The highest BCUT2D eigenvalue weighted by Crippen LogP contribution is 2.31. The molecule has 0 radical (unpaired) electrons. The quantitative estimate of drug-likeness (QED) is 0.563. The van der Waals surface area contributed by atoms with Crippen LogP contribution in [0.15, 0.2) is 89.8 Å². The molecule has 0 fully saturated rings. The first-order chi connectivity index (χ1) is 12.8. The van der Waals surface area contributed by atoms with Crippen molar-refractivity contribution in [3.8, 4) is 22.7 Å². The molecule has 0 aliphatic heterocycles. The number of nitrogens with zero attached hydrogens (tertiary/aromatic N) is 2. The smallest absolute Gasteiger partial charge is 0.152 e. The highest BCUT2D eigenvalue weighted by Gasteiger charge is 2.19. The van der Waals surface area contributed by atoms with Gasteiger partial charge >= 0.3 is 0 Å². The molecule has 4 heteroatoms. The Bertz CT molecular complexity index is 945. The normalized spacial score (nSPS) is 12.2. The van der Waals surface area contributed by atoms with Gasteiger partial charge in [0.2, 0.25) is 0 Å². The Kier molecular flexibility index (Phi) is 4.67. The second kappa shape index (κ2) is 7.42. The molecule has 26 heavy (non-hydrogen) atoms. The lowest BCUT2D eigenvalue weighted by molar-refractivity contribution is 0.154. The molecule has 4 nitrogen and oxygen atoms in total. The summed E-state index contributed by atoms with van der Waals surface area (Å²) in [7, 11) is 0. The van der Waals surface area contributed by atoms with Crippen LogP contribution in [0.5, 0.6) is 0 Å². The summed E-state index contributed by atoms with van der Waals surface area (Å²) in [5, 5.41) is 10.6. The van der Waals surface area contributed by atoms with Gasteiger partial charge < -0.3 is 14.1 Å². The van der Waals surface area contributed by atoms with E-state index in [2.05, 4.69) is 4.98 Å². The zero-order chi connectivity index (χ0) is 17.8. The first-order valence-corrected chi connectivity index (χ1v) is 8.67. The molecule has 0 spiro atoms. The van der Waals surface area contributed by atoms with Gasteiger partial charge in [0.25, 0.3) is 0 Å². The van der Waals surface area contributed by atoms with E-state index in [1.807, 2.05) is 77.4 Å². The van der Waals surface area contributed by atoms with Gasteiger partial charge in [-0.3, -0.25) is 0 Å². The van der Waals surface area contributed by atoms with Crippen LogP contribution in [0.4, 0.5) is 0 Å². The minimum Gasteiger partial charge on any atom is -0.463 e. The van der Waals surface area contributed by atoms with E-state index in [0.29, 0.717) is 13.0 Å². The molecule has 0 saturated carbocycles. The van der Waals surface area contributed by atoms with Gasteiger partial charge in [-0.25, -0.2) is 4.98 Å². The molecule has 1 N–H and O–H groups in total. The van der Waals surface area contributed by atoms with Gasteiger partial charge in [0, 0.05) is 12.0 Å². The van der Waals surface area contributed by atoms with Crippen LogP contribution < -0.4 is 0 Å². The molecular formula is C22H20N2O2. The molecule has 4 rings (SSSR count). The standard InChI is InChI=1S/C22H20N2O2/c25-19(14-17-8-3-1-4-9-17)15-24-16-23-21(18-10-5-2-6-11-18)22(24)20-12-7-13-26-20/h1-13,16,19,25H,14-15H2/t19-/m1/s1. The van der Waals surface area contributed by atoms with Crippen LogP contribution in [-0.4, -0.2) is 20.8 Å². The average molecular weight is 344 g/mol. The van der Waals surface area contributed by atoms with Gasteiger partial charge in [0.15, 0.2) is 5.76 Å². The Labute approximate surface area is 152 Å². The number of aromatic nitrogens is 2. The lowest BCUT2D eigenvalue weighted by atomic mass is 10.1. The van der Waals surface area contributed by atoms with Crippen molar-refractivity contribution < 1.29 is 9.52 Å². The highest BCUT2D eigenvalue weighted by molar-refractivity contribution is 5.76. The third kappa shape index (κ3) is 3.46. The van der Waals surface area contributed by atoms with Gasteiger partial charge in [-0.15, -0.1) is 0 Å². The zero-order valence-corrected chi connectivity index (χ0v) is 14.3. The molecule has 2 aromatic heterocycles. The molecule has 1 atom stereocenters. The molecule has 0 aliphatic rings. The summed E-state index contributed by atoms with van der Waals surface area (Å²) in [5.74, 6) is 0.744. The molecule has 130 valence electrons. The predicted molar refractivity (Wildman–Crippen MR) is 102 cm³/mol. The lowest BCUT2D eigenvalue weighted by Crippen LogP contribution is -2.18. The summed E-state index contributed by atoms with van der Waals surface area (Å²) in [5.41, 5.74) is 3.87. The molecule has 0 bridgehead atoms. The van der Waals surface area contributed by atoms with Crippen LogP contribution in [0.25, 0.3) is 22.7 Å². The van der Waals surface area contributed by atoms with Crippen LogP contribution in [-0.2, 0) is 13.0 Å². The van der Waals surface area contributed by atoms with Crippen molar-refractivity contribution in [2.45, 2.75) is 19.1 Å². The largest absolute Gasteiger partial charge is 0.463 e. The van der Waals surface area contributed by atoms with Crippen molar-refractivity contribution >= 4 is 0 Å². The van der Waals surface area contributed by atoms with Gasteiger partial charge in [-0.05, 0) is 17.7 Å². The maximum absolute atomic E-state index is 10.6. The zero-order valence-electron chi connectivity index (χ0n) is 14.3. The second-order valence-corrected chi connectivity index (χ2v) is 6.28. The highest BCUT2D eigenvalue weighted by atomic mass is 16.3. The number of rotatable bonds is 6. The fraction of sp³-hybridized carbons (Fsp3) is 0.136. The third-order valence-electron chi connectivity index (χ3n) is 4.36. The Morgan fingerprint density at radius 3 is 2.35 bits per heavy atom. The van der Waals surface area contributed by atoms with Crippen molar-refractivity contribution in [3.63, 3.8) is 0 Å². The summed E-state index contributed by atoms with van der Waals surface area (Å²) in [6, 6.07) is 23.8. The van der Waals surface area contributed by atoms with Gasteiger partial charge in [0.1, 0.15) is 5.69 Å². The summed E-state index contributed by atoms with van der Waals surface area (Å²) in [4.78, 5) is 4.59. The van der Waals surface area contributed by atoms with Gasteiger partial charge in [-0.1, -0.05) is 60.7 Å². The molecule has 4 aromatic rings. The summed E-state index contributed by atoms with van der Waals surface area (Å²) in [6.45, 7) is 0.449. The van der Waals surface area contributed by atoms with Crippen molar-refractivity contribution in [1.29, 1.82) is 0 Å². The van der Waals surface area contributed by atoms with Gasteiger partial charge in [-0.2, -0.15) is 0 Å². The minimum absolute atomic E-state index is 0.449. The Balaban J connectivity index is 1.65. The molecule has 0 amide bonds. The average Bonchev–Trinajstić information content (AvgIpc) is 3.32. The molecule has 2 aromatic carbocycles. The van der Waals surface area contributed by atoms with E-state index in [1.54, 1.807) is 12.6 Å². The van der Waals surface area contributed by atoms with Crippen LogP contribution in [0, 0.1) is 0 Å². The fourth-order valence-electron chi connectivity index (χ4n) is 3.18. The summed E-state index contributed by atoms with van der Waals surface area (Å²) < 4.78 is 7.61. The first kappa shape index (κ1) is 16.4. The molecule has 2 heterocycles. The number of aliphatic hydroxyl groups excluding tert-OH is 1. The van der Waals surface area contributed by atoms with E-state index in [-0.39, 0.29) is 0 Å². The minimum atomic E-state index is -0.510. The van der Waals surface area contributed by atoms with E-state index in [9.17, 15) is 5.11 Å². The number of hydrogen-bond donors (Lipinski definition) is 1. The van der Waals surface area contributed by atoms with Crippen LogP contribution in [0.3, 0.4) is 0 Å². The maximum atomic E-state index is 10.6. The predicted octanol–water partition coefficient (Wildman–Crippen LogP) is 4.41. The molecule has 0 saturated heterocycles. The summed E-state index contributed by atoms with van der Waals surface area (Å²) in [6.07, 6.45) is 3.51. The first-order valence-electron chi connectivity index (χ1n) is 8.67. The van der Waals surface area contributed by atoms with E-state index >= 15 is 0 Å². The summed E-state index contributed by atoms with van der Waals surface area (Å²) >= 11 is 0. The number of imidazole rings is 1. The number of hydrogen-bond acceptors (Lipinski definition) is 3. The monoisotopic (exact) mass is 344 g/mol. The van der Waals surface area contributed by atoms with E-state index < -0.39 is 6.10 Å².